The van der Waals surface area contributed by atoms with Crippen molar-refractivity contribution >= 4 is 17.8 Å². The van der Waals surface area contributed by atoms with Gasteiger partial charge in [0.25, 0.3) is 0 Å². The van der Waals surface area contributed by atoms with Crippen LogP contribution in [0.1, 0.15) is 12.5 Å². The average Bonchev–Trinajstić information content (AvgIpc) is 2.43. The summed E-state index contributed by atoms with van der Waals surface area (Å²) in [4.78, 5) is 33.5. The second-order valence-electron chi connectivity index (χ2n) is 4.50. The van der Waals surface area contributed by atoms with Gasteiger partial charge in [0.05, 0.1) is 6.04 Å². The Morgan fingerprint density at radius 2 is 1.90 bits per heavy atom. The molecule has 0 saturated heterocycles. The monoisotopic (exact) mass is 294 g/mol. The first kappa shape index (κ1) is 16.6. The van der Waals surface area contributed by atoms with Crippen molar-refractivity contribution in [3.8, 4) is 0 Å². The van der Waals surface area contributed by atoms with Gasteiger partial charge in [-0.25, -0.2) is 4.79 Å². The zero-order valence-electron chi connectivity index (χ0n) is 11.6. The van der Waals surface area contributed by atoms with E-state index in [0.717, 1.165) is 12.5 Å². The lowest BCUT2D eigenvalue weighted by molar-refractivity contribution is -0.149. The summed E-state index contributed by atoms with van der Waals surface area (Å²) >= 11 is 0. The molecule has 1 rings (SSSR count). The lowest BCUT2D eigenvalue weighted by atomic mass is 10.1. The van der Waals surface area contributed by atoms with Crippen LogP contribution in [0.15, 0.2) is 30.3 Å². The highest BCUT2D eigenvalue weighted by atomic mass is 16.5. The minimum absolute atomic E-state index is 0.284. The maximum atomic E-state index is 11.9. The molecule has 1 aromatic carbocycles. The van der Waals surface area contributed by atoms with Gasteiger partial charge in [-0.2, -0.15) is 0 Å². The van der Waals surface area contributed by atoms with E-state index in [9.17, 15) is 14.4 Å². The maximum Gasteiger partial charge on any atom is 0.329 e. The number of benzene rings is 1. The van der Waals surface area contributed by atoms with Crippen LogP contribution >= 0.6 is 0 Å². The molecule has 0 heterocycles. The molecule has 0 spiro atoms. The Bertz CT molecular complexity index is 503. The van der Waals surface area contributed by atoms with Crippen molar-refractivity contribution in [2.45, 2.75) is 25.4 Å². The minimum atomic E-state index is -1.32. The van der Waals surface area contributed by atoms with E-state index in [-0.39, 0.29) is 6.42 Å². The largest absolute Gasteiger partial charge is 0.480 e. The fourth-order valence-corrected chi connectivity index (χ4v) is 1.61. The van der Waals surface area contributed by atoms with Crippen molar-refractivity contribution in [3.63, 3.8) is 0 Å². The first-order chi connectivity index (χ1) is 9.90. The molecule has 21 heavy (non-hydrogen) atoms. The number of carboxylic acids is 1. The first-order valence-corrected chi connectivity index (χ1v) is 6.36. The lowest BCUT2D eigenvalue weighted by Gasteiger charge is -2.17. The molecule has 114 valence electrons. The minimum Gasteiger partial charge on any atom is -0.480 e. The van der Waals surface area contributed by atoms with Crippen LogP contribution in [0.3, 0.4) is 0 Å². The van der Waals surface area contributed by atoms with Crippen molar-refractivity contribution in [1.82, 2.24) is 5.32 Å². The second-order valence-corrected chi connectivity index (χ2v) is 4.50. The van der Waals surface area contributed by atoms with Gasteiger partial charge in [-0.1, -0.05) is 30.3 Å². The van der Waals surface area contributed by atoms with Crippen LogP contribution in [0.2, 0.25) is 0 Å². The number of carboxylic acid groups (broad SMARTS) is 1. The molecular formula is C14H18N2O5. The summed E-state index contributed by atoms with van der Waals surface area (Å²) in [6.07, 6.45) is 0.284. The maximum absolute atomic E-state index is 11.9. The molecule has 0 aliphatic carbocycles. The van der Waals surface area contributed by atoms with E-state index in [1.807, 2.05) is 30.3 Å². The molecule has 0 bridgehead atoms. The molecule has 0 fully saturated rings. The van der Waals surface area contributed by atoms with Gasteiger partial charge in [0, 0.05) is 6.92 Å². The van der Waals surface area contributed by atoms with Crippen LogP contribution in [0.4, 0.5) is 0 Å². The molecule has 0 aliphatic heterocycles. The zero-order valence-corrected chi connectivity index (χ0v) is 11.6. The number of ether oxygens (including phenoxy) is 1. The highest BCUT2D eigenvalue weighted by molar-refractivity contribution is 5.87. The Labute approximate surface area is 122 Å². The number of hydrogen-bond donors (Lipinski definition) is 3. The molecule has 7 nitrogen and oxygen atoms in total. The number of nitrogens with one attached hydrogen (secondary N) is 1. The third-order valence-electron chi connectivity index (χ3n) is 2.70. The molecule has 4 N–H and O–H groups in total. The SMILES string of the molecule is CC(=O)OC[C@H](NC(=O)[C@@H](N)Cc1ccccc1)C(=O)O. The van der Waals surface area contributed by atoms with Gasteiger partial charge in [0.15, 0.2) is 6.04 Å². The van der Waals surface area contributed by atoms with E-state index >= 15 is 0 Å². The summed E-state index contributed by atoms with van der Waals surface area (Å²) < 4.78 is 4.59. The normalized spacial score (nSPS) is 13.0. The Hall–Kier alpha value is -2.41. The molecule has 0 radical (unpaired) electrons. The van der Waals surface area contributed by atoms with Gasteiger partial charge in [-0.15, -0.1) is 0 Å². The zero-order chi connectivity index (χ0) is 15.8. The number of amides is 1. The van der Waals surface area contributed by atoms with Crippen molar-refractivity contribution < 1.29 is 24.2 Å². The van der Waals surface area contributed by atoms with Gasteiger partial charge >= 0.3 is 11.9 Å². The van der Waals surface area contributed by atoms with E-state index in [2.05, 4.69) is 10.1 Å². The summed E-state index contributed by atoms with van der Waals surface area (Å²) in [6, 6.07) is 6.92. The molecule has 0 saturated carbocycles. The van der Waals surface area contributed by atoms with Gasteiger partial charge in [0.1, 0.15) is 6.61 Å². The summed E-state index contributed by atoms with van der Waals surface area (Å²) in [7, 11) is 0. The highest BCUT2D eigenvalue weighted by Gasteiger charge is 2.24. The number of carbonyl (C=O) groups excluding carboxylic acids is 2. The standard InChI is InChI=1S/C14H18N2O5/c1-9(17)21-8-12(14(19)20)16-13(18)11(15)7-10-5-3-2-4-6-10/h2-6,11-12H,7-8,15H2,1H3,(H,16,18)(H,19,20)/t11-,12-/m0/s1. The summed E-state index contributed by atoms with van der Waals surface area (Å²) in [5, 5.41) is 11.2. The number of aliphatic carboxylic acids is 1. The van der Waals surface area contributed by atoms with Crippen molar-refractivity contribution in [1.29, 1.82) is 0 Å². The van der Waals surface area contributed by atoms with Crippen LogP contribution in [0, 0.1) is 0 Å². The highest BCUT2D eigenvalue weighted by Crippen LogP contribution is 2.02. The number of nitrogens with two attached hydrogens (primary N) is 1. The number of esters is 1. The van der Waals surface area contributed by atoms with Gasteiger partial charge in [-0.3, -0.25) is 9.59 Å². The third kappa shape index (κ3) is 6.05. The van der Waals surface area contributed by atoms with Gasteiger partial charge < -0.3 is 20.9 Å². The van der Waals surface area contributed by atoms with Crippen LogP contribution in [0.5, 0.6) is 0 Å². The van der Waals surface area contributed by atoms with E-state index in [0.29, 0.717) is 0 Å². The quantitative estimate of drug-likeness (QED) is 0.593. The summed E-state index contributed by atoms with van der Waals surface area (Å²) in [5.74, 6) is -2.53. The fraction of sp³-hybridized carbons (Fsp3) is 0.357. The molecule has 7 heteroatoms. The average molecular weight is 294 g/mol. The van der Waals surface area contributed by atoms with E-state index < -0.39 is 36.5 Å². The number of hydrogen-bond acceptors (Lipinski definition) is 5. The second kappa shape index (κ2) is 8.01. The van der Waals surface area contributed by atoms with Crippen LogP contribution < -0.4 is 11.1 Å². The van der Waals surface area contributed by atoms with Gasteiger partial charge in [-0.05, 0) is 12.0 Å². The number of carbonyl (C=O) groups is 3. The fourth-order valence-electron chi connectivity index (χ4n) is 1.61. The molecule has 2 atom stereocenters. The van der Waals surface area contributed by atoms with Crippen LogP contribution in [0.25, 0.3) is 0 Å². The Morgan fingerprint density at radius 3 is 2.43 bits per heavy atom. The predicted molar refractivity (Wildman–Crippen MR) is 74.3 cm³/mol. The molecule has 1 amide bonds. The molecule has 0 unspecified atom stereocenters. The van der Waals surface area contributed by atoms with Crippen LogP contribution in [-0.4, -0.2) is 41.6 Å². The Morgan fingerprint density at radius 1 is 1.29 bits per heavy atom. The van der Waals surface area contributed by atoms with Crippen molar-refractivity contribution in [2.24, 2.45) is 5.73 Å². The number of rotatable bonds is 7. The summed E-state index contributed by atoms with van der Waals surface area (Å²) in [5.41, 5.74) is 6.61. The summed E-state index contributed by atoms with van der Waals surface area (Å²) in [6.45, 7) is 0.719. The molecule has 1 aromatic rings. The molecular weight excluding hydrogens is 276 g/mol. The van der Waals surface area contributed by atoms with E-state index in [1.165, 1.54) is 0 Å². The predicted octanol–water partition coefficient (Wildman–Crippen LogP) is -0.311. The van der Waals surface area contributed by atoms with E-state index in [1.54, 1.807) is 0 Å². The Kier molecular flexibility index (Phi) is 6.35. The lowest BCUT2D eigenvalue weighted by Crippen LogP contribution is -2.51. The Balaban J connectivity index is 2.56. The van der Waals surface area contributed by atoms with Crippen molar-refractivity contribution in [2.75, 3.05) is 6.61 Å². The topological polar surface area (TPSA) is 119 Å². The molecule has 0 aromatic heterocycles. The smallest absolute Gasteiger partial charge is 0.329 e. The molecule has 0 aliphatic rings. The third-order valence-corrected chi connectivity index (χ3v) is 2.70. The van der Waals surface area contributed by atoms with Crippen molar-refractivity contribution in [3.05, 3.63) is 35.9 Å². The van der Waals surface area contributed by atoms with Gasteiger partial charge in [0.2, 0.25) is 5.91 Å². The van der Waals surface area contributed by atoms with E-state index in [4.69, 9.17) is 10.8 Å². The first-order valence-electron chi connectivity index (χ1n) is 6.36. The van der Waals surface area contributed by atoms with Crippen LogP contribution in [-0.2, 0) is 25.5 Å².